The van der Waals surface area contributed by atoms with E-state index >= 15 is 0 Å². The van der Waals surface area contributed by atoms with Crippen molar-refractivity contribution in [3.63, 3.8) is 0 Å². The van der Waals surface area contributed by atoms with Gasteiger partial charge >= 0.3 is 5.97 Å². The second-order valence-electron chi connectivity index (χ2n) is 4.04. The predicted molar refractivity (Wildman–Crippen MR) is 59.3 cm³/mol. The van der Waals surface area contributed by atoms with Crippen LogP contribution in [0.15, 0.2) is 17.1 Å². The predicted octanol–water partition coefficient (Wildman–Crippen LogP) is 0.756. The zero-order chi connectivity index (χ0) is 11.7. The lowest BCUT2D eigenvalue weighted by Crippen LogP contribution is -2.23. The van der Waals surface area contributed by atoms with Crippen molar-refractivity contribution in [2.75, 3.05) is 7.11 Å². The third kappa shape index (κ3) is 1.64. The van der Waals surface area contributed by atoms with Crippen molar-refractivity contribution >= 4 is 5.97 Å². The molecule has 0 aromatic carbocycles. The number of ether oxygens (including phenoxy) is 1. The molecule has 86 valence electrons. The molecule has 0 saturated carbocycles. The Bertz CT molecular complexity index is 476. The molecule has 1 heterocycles. The van der Waals surface area contributed by atoms with Crippen LogP contribution in [0.25, 0.3) is 0 Å². The summed E-state index contributed by atoms with van der Waals surface area (Å²) in [5.74, 6) is -0.404. The van der Waals surface area contributed by atoms with Crippen molar-refractivity contribution in [1.82, 2.24) is 4.57 Å². The molecular weight excluding hydrogens is 206 g/mol. The Morgan fingerprint density at radius 3 is 2.94 bits per heavy atom. The van der Waals surface area contributed by atoms with Crippen molar-refractivity contribution in [2.45, 2.75) is 26.3 Å². The third-order valence-corrected chi connectivity index (χ3v) is 3.15. The third-order valence-electron chi connectivity index (χ3n) is 3.15. The average Bonchev–Trinajstić information content (AvgIpc) is 2.73. The molecule has 4 nitrogen and oxygen atoms in total. The molecule has 0 saturated heterocycles. The molecule has 0 N–H and O–H groups in total. The highest BCUT2D eigenvalue weighted by molar-refractivity contribution is 5.74. The number of aryl methyl sites for hydroxylation is 1. The van der Waals surface area contributed by atoms with Gasteiger partial charge < -0.3 is 9.30 Å². The Morgan fingerprint density at radius 1 is 1.56 bits per heavy atom. The number of fused-ring (bicyclic) bond motifs is 1. The van der Waals surface area contributed by atoms with Gasteiger partial charge in [-0.2, -0.15) is 0 Å². The summed E-state index contributed by atoms with van der Waals surface area (Å²) in [6.45, 7) is 2.59. The molecule has 1 aliphatic rings. The second-order valence-corrected chi connectivity index (χ2v) is 4.04. The zero-order valence-corrected chi connectivity index (χ0v) is 9.53. The highest BCUT2D eigenvalue weighted by Crippen LogP contribution is 2.24. The van der Waals surface area contributed by atoms with E-state index in [-0.39, 0.29) is 17.4 Å². The maximum atomic E-state index is 12.0. The van der Waals surface area contributed by atoms with Gasteiger partial charge in [0.15, 0.2) is 0 Å². The summed E-state index contributed by atoms with van der Waals surface area (Å²) in [6, 6.07) is 1.93. The molecule has 2 rings (SSSR count). The second kappa shape index (κ2) is 4.12. The molecule has 0 fully saturated rings. The van der Waals surface area contributed by atoms with Gasteiger partial charge in [0.2, 0.25) is 0 Å². The van der Waals surface area contributed by atoms with Crippen LogP contribution in [0.2, 0.25) is 0 Å². The first-order valence-electron chi connectivity index (χ1n) is 5.46. The molecule has 1 atom stereocenters. The fraction of sp³-hybridized carbons (Fsp3) is 0.500. The minimum absolute atomic E-state index is 0.0337. The Hall–Kier alpha value is -1.58. The minimum atomic E-state index is -0.223. The van der Waals surface area contributed by atoms with E-state index in [0.29, 0.717) is 19.4 Å². The summed E-state index contributed by atoms with van der Waals surface area (Å²) in [4.78, 5) is 23.4. The summed E-state index contributed by atoms with van der Waals surface area (Å²) in [5, 5.41) is 0. The SMILES string of the molecule is CCn1ccc2c(c1=O)CC(C(=O)OC)C2. The molecular formula is C12H15NO3. The fourth-order valence-electron chi connectivity index (χ4n) is 2.23. The largest absolute Gasteiger partial charge is 0.469 e. The van der Waals surface area contributed by atoms with Gasteiger partial charge in [0.05, 0.1) is 13.0 Å². The number of nitrogens with zero attached hydrogens (tertiary/aromatic N) is 1. The summed E-state index contributed by atoms with van der Waals surface area (Å²) < 4.78 is 6.38. The van der Waals surface area contributed by atoms with Gasteiger partial charge in [-0.3, -0.25) is 9.59 Å². The minimum Gasteiger partial charge on any atom is -0.469 e. The van der Waals surface area contributed by atoms with Gasteiger partial charge in [-0.15, -0.1) is 0 Å². The van der Waals surface area contributed by atoms with Crippen LogP contribution >= 0.6 is 0 Å². The number of rotatable bonds is 2. The normalized spacial score (nSPS) is 18.2. The number of carbonyl (C=O) groups excluding carboxylic acids is 1. The first-order chi connectivity index (χ1) is 7.67. The average molecular weight is 221 g/mol. The van der Waals surface area contributed by atoms with Gasteiger partial charge in [0.25, 0.3) is 5.56 Å². The quantitative estimate of drug-likeness (QED) is 0.693. The van der Waals surface area contributed by atoms with Crippen LogP contribution in [0.3, 0.4) is 0 Å². The van der Waals surface area contributed by atoms with Gasteiger partial charge in [-0.05, 0) is 31.4 Å². The Morgan fingerprint density at radius 2 is 2.31 bits per heavy atom. The van der Waals surface area contributed by atoms with E-state index in [2.05, 4.69) is 0 Å². The Kier molecular flexibility index (Phi) is 2.81. The van der Waals surface area contributed by atoms with E-state index in [1.807, 2.05) is 13.0 Å². The lowest BCUT2D eigenvalue weighted by atomic mass is 10.1. The number of esters is 1. The topological polar surface area (TPSA) is 48.3 Å². The number of hydrogen-bond acceptors (Lipinski definition) is 3. The van der Waals surface area contributed by atoms with Gasteiger partial charge in [0, 0.05) is 18.3 Å². The highest BCUT2D eigenvalue weighted by atomic mass is 16.5. The lowest BCUT2D eigenvalue weighted by Gasteiger charge is -2.04. The van der Waals surface area contributed by atoms with Gasteiger partial charge in [-0.25, -0.2) is 0 Å². The molecule has 0 radical (unpaired) electrons. The lowest BCUT2D eigenvalue weighted by molar-refractivity contribution is -0.145. The molecule has 1 aromatic rings. The van der Waals surface area contributed by atoms with Crippen LogP contribution in [0.5, 0.6) is 0 Å². The summed E-state index contributed by atoms with van der Waals surface area (Å²) in [7, 11) is 1.38. The van der Waals surface area contributed by atoms with Crippen LogP contribution in [0.1, 0.15) is 18.1 Å². The first-order valence-corrected chi connectivity index (χ1v) is 5.46. The fourth-order valence-corrected chi connectivity index (χ4v) is 2.23. The monoisotopic (exact) mass is 221 g/mol. The van der Waals surface area contributed by atoms with E-state index in [0.717, 1.165) is 11.1 Å². The highest BCUT2D eigenvalue weighted by Gasteiger charge is 2.30. The van der Waals surface area contributed by atoms with Gasteiger partial charge in [-0.1, -0.05) is 0 Å². The van der Waals surface area contributed by atoms with Gasteiger partial charge in [0.1, 0.15) is 0 Å². The molecule has 0 aliphatic heterocycles. The maximum absolute atomic E-state index is 12.0. The number of pyridine rings is 1. The van der Waals surface area contributed by atoms with Crippen molar-refractivity contribution in [3.8, 4) is 0 Å². The van der Waals surface area contributed by atoms with Crippen LogP contribution in [0.4, 0.5) is 0 Å². The molecule has 1 aliphatic carbocycles. The van der Waals surface area contributed by atoms with Crippen molar-refractivity contribution < 1.29 is 9.53 Å². The maximum Gasteiger partial charge on any atom is 0.309 e. The van der Waals surface area contributed by atoms with Crippen LogP contribution in [0, 0.1) is 5.92 Å². The number of aromatic nitrogens is 1. The van der Waals surface area contributed by atoms with Crippen molar-refractivity contribution in [3.05, 3.63) is 33.7 Å². The van der Waals surface area contributed by atoms with Crippen LogP contribution in [-0.2, 0) is 28.9 Å². The van der Waals surface area contributed by atoms with E-state index < -0.39 is 0 Å². The Balaban J connectivity index is 2.35. The zero-order valence-electron chi connectivity index (χ0n) is 9.53. The number of methoxy groups -OCH3 is 1. The molecule has 1 unspecified atom stereocenters. The van der Waals surface area contributed by atoms with Crippen molar-refractivity contribution in [1.29, 1.82) is 0 Å². The molecule has 0 amide bonds. The summed E-state index contributed by atoms with van der Waals surface area (Å²) in [6.07, 6.45) is 2.93. The molecule has 0 spiro atoms. The summed E-state index contributed by atoms with van der Waals surface area (Å²) >= 11 is 0. The van der Waals surface area contributed by atoms with Crippen molar-refractivity contribution in [2.24, 2.45) is 5.92 Å². The molecule has 0 bridgehead atoms. The first kappa shape index (κ1) is 10.9. The van der Waals surface area contributed by atoms with Crippen LogP contribution in [-0.4, -0.2) is 17.6 Å². The molecule has 1 aromatic heterocycles. The van der Waals surface area contributed by atoms with E-state index in [1.54, 1.807) is 10.8 Å². The smallest absolute Gasteiger partial charge is 0.309 e. The molecule has 16 heavy (non-hydrogen) atoms. The van der Waals surface area contributed by atoms with E-state index in [9.17, 15) is 9.59 Å². The van der Waals surface area contributed by atoms with E-state index in [4.69, 9.17) is 4.74 Å². The number of hydrogen-bond donors (Lipinski definition) is 0. The summed E-state index contributed by atoms with van der Waals surface area (Å²) in [5.41, 5.74) is 1.80. The van der Waals surface area contributed by atoms with E-state index in [1.165, 1.54) is 7.11 Å². The standard InChI is InChI=1S/C12H15NO3/c1-3-13-5-4-8-6-9(12(15)16-2)7-10(8)11(13)14/h4-5,9H,3,6-7H2,1-2H3. The Labute approximate surface area is 93.8 Å². The number of carbonyl (C=O) groups is 1. The van der Waals surface area contributed by atoms with Crippen LogP contribution < -0.4 is 5.56 Å². The molecule has 4 heteroatoms.